The van der Waals surface area contributed by atoms with Crippen molar-refractivity contribution >= 4 is 23.4 Å². The predicted octanol–water partition coefficient (Wildman–Crippen LogP) is 3.95. The maximum atomic E-state index is 4.32. The van der Waals surface area contributed by atoms with E-state index >= 15 is 0 Å². The second kappa shape index (κ2) is 4.71. The summed E-state index contributed by atoms with van der Waals surface area (Å²) in [6, 6.07) is 15.2. The van der Waals surface area contributed by atoms with E-state index in [0.29, 0.717) is 5.92 Å². The largest absolute Gasteiger partial charge is 0.179 e. The molecule has 0 aliphatic rings. The average molecular weight is 216 g/mol. The first-order valence-electron chi connectivity index (χ1n) is 5.38. The average Bonchev–Trinajstić information content (AvgIpc) is 2.29. The minimum Gasteiger partial charge on any atom is -0.179 e. The number of thiol groups is 1. The van der Waals surface area contributed by atoms with Crippen LogP contribution in [0.15, 0.2) is 42.5 Å². The zero-order valence-electron chi connectivity index (χ0n) is 8.98. The molecule has 0 heterocycles. The molecule has 2 rings (SSSR count). The molecule has 0 radical (unpaired) electrons. The fourth-order valence-corrected chi connectivity index (χ4v) is 1.96. The Hall–Kier alpha value is -0.950. The molecule has 0 N–H and O–H groups in total. The molecular formula is C14H16S. The summed E-state index contributed by atoms with van der Waals surface area (Å²) in [7, 11) is 0. The van der Waals surface area contributed by atoms with E-state index in [0.717, 1.165) is 12.2 Å². The van der Waals surface area contributed by atoms with Gasteiger partial charge in [0.05, 0.1) is 0 Å². The van der Waals surface area contributed by atoms with Gasteiger partial charge in [0, 0.05) is 0 Å². The summed E-state index contributed by atoms with van der Waals surface area (Å²) in [5.74, 6) is 1.60. The SMILES string of the molecule is CC(CS)Cc1ccc2ccccc2c1. The van der Waals surface area contributed by atoms with Crippen molar-refractivity contribution in [2.45, 2.75) is 13.3 Å². The van der Waals surface area contributed by atoms with Crippen molar-refractivity contribution in [2.24, 2.45) is 5.92 Å². The van der Waals surface area contributed by atoms with Crippen LogP contribution in [0.3, 0.4) is 0 Å². The van der Waals surface area contributed by atoms with Crippen LogP contribution in [0.2, 0.25) is 0 Å². The minimum atomic E-state index is 0.648. The lowest BCUT2D eigenvalue weighted by atomic mass is 10.00. The second-order valence-electron chi connectivity index (χ2n) is 4.17. The third-order valence-corrected chi connectivity index (χ3v) is 3.33. The molecule has 0 aliphatic heterocycles. The van der Waals surface area contributed by atoms with Gasteiger partial charge in [-0.15, -0.1) is 0 Å². The Bertz CT molecular complexity index is 448. The lowest BCUT2D eigenvalue weighted by Gasteiger charge is -2.08. The Morgan fingerprint density at radius 1 is 1.07 bits per heavy atom. The summed E-state index contributed by atoms with van der Waals surface area (Å²) in [6.45, 7) is 2.24. The van der Waals surface area contributed by atoms with Crippen LogP contribution in [-0.4, -0.2) is 5.75 Å². The number of benzene rings is 2. The van der Waals surface area contributed by atoms with Gasteiger partial charge in [-0.05, 0) is 34.4 Å². The highest BCUT2D eigenvalue weighted by molar-refractivity contribution is 7.80. The molecule has 78 valence electrons. The molecule has 0 aromatic heterocycles. The van der Waals surface area contributed by atoms with Crippen LogP contribution in [0, 0.1) is 5.92 Å². The number of hydrogen-bond acceptors (Lipinski definition) is 1. The first-order chi connectivity index (χ1) is 7.29. The molecule has 0 fully saturated rings. The van der Waals surface area contributed by atoms with E-state index in [1.165, 1.54) is 16.3 Å². The first-order valence-corrected chi connectivity index (χ1v) is 6.01. The molecule has 2 aromatic rings. The Labute approximate surface area is 96.7 Å². The van der Waals surface area contributed by atoms with Crippen LogP contribution >= 0.6 is 12.6 Å². The molecule has 0 aliphatic carbocycles. The molecular weight excluding hydrogens is 200 g/mol. The van der Waals surface area contributed by atoms with Crippen LogP contribution in [0.5, 0.6) is 0 Å². The maximum Gasteiger partial charge on any atom is -0.00690 e. The fraction of sp³-hybridized carbons (Fsp3) is 0.286. The van der Waals surface area contributed by atoms with Crippen molar-refractivity contribution in [3.8, 4) is 0 Å². The third-order valence-electron chi connectivity index (χ3n) is 2.71. The molecule has 0 spiro atoms. The predicted molar refractivity (Wildman–Crippen MR) is 70.7 cm³/mol. The van der Waals surface area contributed by atoms with Crippen molar-refractivity contribution in [2.75, 3.05) is 5.75 Å². The number of hydrogen-bond donors (Lipinski definition) is 1. The van der Waals surface area contributed by atoms with Crippen LogP contribution < -0.4 is 0 Å². The first kappa shape index (κ1) is 10.6. The Kier molecular flexibility index (Phi) is 3.32. The van der Waals surface area contributed by atoms with E-state index in [1.54, 1.807) is 0 Å². The lowest BCUT2D eigenvalue weighted by Crippen LogP contribution is -2.00. The van der Waals surface area contributed by atoms with Gasteiger partial charge in [-0.3, -0.25) is 0 Å². The molecule has 1 atom stereocenters. The number of rotatable bonds is 3. The van der Waals surface area contributed by atoms with Gasteiger partial charge in [-0.1, -0.05) is 49.4 Å². The molecule has 2 aromatic carbocycles. The van der Waals surface area contributed by atoms with Gasteiger partial charge in [-0.25, -0.2) is 0 Å². The van der Waals surface area contributed by atoms with Gasteiger partial charge >= 0.3 is 0 Å². The summed E-state index contributed by atoms with van der Waals surface area (Å²) < 4.78 is 0. The van der Waals surface area contributed by atoms with Gasteiger partial charge in [0.25, 0.3) is 0 Å². The van der Waals surface area contributed by atoms with Crippen LogP contribution in [-0.2, 0) is 6.42 Å². The zero-order chi connectivity index (χ0) is 10.7. The van der Waals surface area contributed by atoms with Crippen molar-refractivity contribution < 1.29 is 0 Å². The Morgan fingerprint density at radius 2 is 1.80 bits per heavy atom. The monoisotopic (exact) mass is 216 g/mol. The molecule has 0 nitrogen and oxygen atoms in total. The molecule has 15 heavy (non-hydrogen) atoms. The summed E-state index contributed by atoms with van der Waals surface area (Å²) >= 11 is 4.32. The van der Waals surface area contributed by atoms with Gasteiger partial charge in [-0.2, -0.15) is 12.6 Å². The second-order valence-corrected chi connectivity index (χ2v) is 4.54. The van der Waals surface area contributed by atoms with E-state index in [-0.39, 0.29) is 0 Å². The Morgan fingerprint density at radius 3 is 2.53 bits per heavy atom. The highest BCUT2D eigenvalue weighted by atomic mass is 32.1. The Balaban J connectivity index is 2.30. The molecule has 1 heteroatoms. The molecule has 0 amide bonds. The minimum absolute atomic E-state index is 0.648. The van der Waals surface area contributed by atoms with Crippen LogP contribution in [0.1, 0.15) is 12.5 Å². The molecule has 0 saturated heterocycles. The topological polar surface area (TPSA) is 0 Å². The summed E-state index contributed by atoms with van der Waals surface area (Å²) in [5, 5.41) is 2.65. The highest BCUT2D eigenvalue weighted by Crippen LogP contribution is 2.18. The highest BCUT2D eigenvalue weighted by Gasteiger charge is 2.02. The van der Waals surface area contributed by atoms with Crippen molar-refractivity contribution in [1.82, 2.24) is 0 Å². The third kappa shape index (κ3) is 2.54. The molecule has 0 saturated carbocycles. The van der Waals surface area contributed by atoms with Gasteiger partial charge in [0.1, 0.15) is 0 Å². The quantitative estimate of drug-likeness (QED) is 0.738. The van der Waals surface area contributed by atoms with E-state index in [1.807, 2.05) is 0 Å². The summed E-state index contributed by atoms with van der Waals surface area (Å²) in [4.78, 5) is 0. The molecule has 0 bridgehead atoms. The van der Waals surface area contributed by atoms with Crippen molar-refractivity contribution in [1.29, 1.82) is 0 Å². The van der Waals surface area contributed by atoms with Gasteiger partial charge in [0.2, 0.25) is 0 Å². The number of fused-ring (bicyclic) bond motifs is 1. The van der Waals surface area contributed by atoms with Gasteiger partial charge < -0.3 is 0 Å². The van der Waals surface area contributed by atoms with Crippen molar-refractivity contribution in [3.63, 3.8) is 0 Å². The molecule has 1 unspecified atom stereocenters. The van der Waals surface area contributed by atoms with E-state index in [9.17, 15) is 0 Å². The smallest absolute Gasteiger partial charge is 0.00690 e. The van der Waals surface area contributed by atoms with E-state index in [2.05, 4.69) is 62.0 Å². The standard InChI is InChI=1S/C14H16S/c1-11(10-15)8-12-6-7-13-4-2-3-5-14(13)9-12/h2-7,9,11,15H,8,10H2,1H3. The van der Waals surface area contributed by atoms with E-state index in [4.69, 9.17) is 0 Å². The summed E-state index contributed by atoms with van der Waals surface area (Å²) in [5.41, 5.74) is 1.41. The zero-order valence-corrected chi connectivity index (χ0v) is 9.87. The fourth-order valence-electron chi connectivity index (χ4n) is 1.83. The van der Waals surface area contributed by atoms with Crippen molar-refractivity contribution in [3.05, 3.63) is 48.0 Å². The maximum absolute atomic E-state index is 4.32. The lowest BCUT2D eigenvalue weighted by molar-refractivity contribution is 0.661. The van der Waals surface area contributed by atoms with E-state index < -0.39 is 0 Å². The van der Waals surface area contributed by atoms with Crippen LogP contribution in [0.4, 0.5) is 0 Å². The normalized spacial score (nSPS) is 12.9. The summed E-state index contributed by atoms with van der Waals surface area (Å²) in [6.07, 6.45) is 1.12. The van der Waals surface area contributed by atoms with Crippen LogP contribution in [0.25, 0.3) is 10.8 Å². The van der Waals surface area contributed by atoms with Gasteiger partial charge in [0.15, 0.2) is 0 Å².